The van der Waals surface area contributed by atoms with Crippen molar-refractivity contribution in [1.82, 2.24) is 4.98 Å². The minimum absolute atomic E-state index is 0.162. The van der Waals surface area contributed by atoms with Crippen LogP contribution < -0.4 is 9.61 Å². The van der Waals surface area contributed by atoms with E-state index in [9.17, 15) is 19.5 Å². The molecule has 0 radical (unpaired) electrons. The van der Waals surface area contributed by atoms with Crippen LogP contribution in [0.1, 0.15) is 16.4 Å². The Balaban J connectivity index is 2.02. The molecule has 0 bridgehead atoms. The third-order valence-corrected chi connectivity index (χ3v) is 6.85. The van der Waals surface area contributed by atoms with Crippen LogP contribution in [0, 0.1) is 5.92 Å². The van der Waals surface area contributed by atoms with E-state index in [0.29, 0.717) is 20.5 Å². The molecule has 2 aromatic rings. The van der Waals surface area contributed by atoms with Crippen molar-refractivity contribution in [3.05, 3.63) is 42.3 Å². The molecular weight excluding hydrogens is 397 g/mol. The molecule has 0 saturated carbocycles. The molecule has 0 spiro atoms. The van der Waals surface area contributed by atoms with Crippen LogP contribution in [0.2, 0.25) is 10.0 Å². The minimum atomic E-state index is -1.15. The second kappa shape index (κ2) is 5.52. The number of ether oxygens (including phenoxy) is 1. The number of nitrogens with one attached hydrogen (secondary N) is 1. The number of fused-ring (bicyclic) bond motifs is 5. The van der Waals surface area contributed by atoms with E-state index in [4.69, 9.17) is 27.9 Å². The van der Waals surface area contributed by atoms with Gasteiger partial charge in [-0.2, -0.15) is 0 Å². The summed E-state index contributed by atoms with van der Waals surface area (Å²) >= 11 is 14.1. The quantitative estimate of drug-likeness (QED) is 0.561. The van der Waals surface area contributed by atoms with Crippen molar-refractivity contribution in [2.45, 2.75) is 16.2 Å². The minimum Gasteiger partial charge on any atom is -0.480 e. The normalized spacial score (nSPS) is 24.6. The van der Waals surface area contributed by atoms with Crippen molar-refractivity contribution in [2.24, 2.45) is 5.92 Å². The summed E-state index contributed by atoms with van der Waals surface area (Å²) in [5, 5.41) is 9.40. The van der Waals surface area contributed by atoms with E-state index in [-0.39, 0.29) is 15.6 Å². The Labute approximate surface area is 152 Å². The second-order valence-electron chi connectivity index (χ2n) is 5.32. The molecule has 0 saturated heterocycles. The first-order valence-electron chi connectivity index (χ1n) is 6.70. The maximum atomic E-state index is 12.5. The molecule has 124 valence electrons. The van der Waals surface area contributed by atoms with E-state index in [0.717, 1.165) is 23.1 Å². The summed E-state index contributed by atoms with van der Waals surface area (Å²) < 4.78 is 5.30. The third kappa shape index (κ3) is 2.28. The molecule has 2 N–H and O–H groups in total. The number of hydrogen-bond donors (Lipinski definition) is 2. The van der Waals surface area contributed by atoms with Crippen LogP contribution in [0.3, 0.4) is 0 Å². The van der Waals surface area contributed by atoms with Gasteiger partial charge in [0.05, 0.1) is 16.0 Å². The molecule has 0 fully saturated rings. The number of benzene rings is 1. The highest BCUT2D eigenvalue weighted by atomic mass is 35.5. The van der Waals surface area contributed by atoms with Crippen molar-refractivity contribution >= 4 is 58.2 Å². The van der Waals surface area contributed by atoms with Crippen LogP contribution in [0.4, 0.5) is 0 Å². The summed E-state index contributed by atoms with van der Waals surface area (Å²) in [5.74, 6) is -3.27. The Morgan fingerprint density at radius 3 is 2.75 bits per heavy atom. The zero-order valence-corrected chi connectivity index (χ0v) is 14.7. The first-order valence-corrected chi connectivity index (χ1v) is 9.15. The van der Waals surface area contributed by atoms with Crippen LogP contribution >= 0.6 is 46.3 Å². The lowest BCUT2D eigenvalue weighted by atomic mass is 9.80. The highest BCUT2D eigenvalue weighted by molar-refractivity contribution is 8.00. The Morgan fingerprint density at radius 1 is 1.29 bits per heavy atom. The number of carboxylic acids is 1. The van der Waals surface area contributed by atoms with E-state index in [2.05, 4.69) is 4.98 Å². The average Bonchev–Trinajstić information content (AvgIpc) is 2.87. The number of thiazole rings is 1. The van der Waals surface area contributed by atoms with Crippen molar-refractivity contribution in [2.75, 3.05) is 0 Å². The highest BCUT2D eigenvalue weighted by Gasteiger charge is 2.52. The second-order valence-corrected chi connectivity index (χ2v) is 8.33. The molecular formula is C14H7Cl2NO5S2. The van der Waals surface area contributed by atoms with Gasteiger partial charge in [-0.3, -0.25) is 14.4 Å². The zero-order chi connectivity index (χ0) is 17.2. The number of carboxylic acid groups (broad SMARTS) is 1. The van der Waals surface area contributed by atoms with Gasteiger partial charge in [-0.1, -0.05) is 46.3 Å². The Hall–Kier alpha value is -1.48. The van der Waals surface area contributed by atoms with Gasteiger partial charge in [0, 0.05) is 21.4 Å². The molecule has 10 heteroatoms. The molecule has 2 aliphatic rings. The van der Waals surface area contributed by atoms with Gasteiger partial charge in [0.15, 0.2) is 5.75 Å². The number of aromatic nitrogens is 1. The molecule has 0 unspecified atom stereocenters. The smallest absolute Gasteiger partial charge is 0.317 e. The summed E-state index contributed by atoms with van der Waals surface area (Å²) in [6, 6.07) is 3.04. The standard InChI is InChI=1S/C14H7Cl2NO5S2/c15-3-1-4-6-7(13(20)22-8(4)5(16)2-3)10(12(18)19)23-11-9(6)24-14(21)17-11/h1-2,6-7,10H,(H,17,21)(H,18,19)/t6-,7+,10-/m0/s1. The number of aromatic amines is 1. The summed E-state index contributed by atoms with van der Waals surface area (Å²) in [5.41, 5.74) is 0.514. The number of H-pyrrole nitrogens is 1. The number of thioether (sulfide) groups is 1. The molecule has 4 rings (SSSR count). The Kier molecular flexibility index (Phi) is 3.68. The molecule has 2 aliphatic heterocycles. The van der Waals surface area contributed by atoms with Crippen LogP contribution in [-0.4, -0.2) is 27.3 Å². The van der Waals surface area contributed by atoms with E-state index in [1.165, 1.54) is 6.07 Å². The molecule has 3 heterocycles. The number of esters is 1. The van der Waals surface area contributed by atoms with Crippen LogP contribution in [0.5, 0.6) is 5.75 Å². The largest absolute Gasteiger partial charge is 0.480 e. The average molecular weight is 404 g/mol. The summed E-state index contributed by atoms with van der Waals surface area (Å²) in [6.45, 7) is 0. The van der Waals surface area contributed by atoms with Gasteiger partial charge in [0.1, 0.15) is 5.25 Å². The fourth-order valence-electron chi connectivity index (χ4n) is 3.04. The number of halogens is 2. The molecule has 24 heavy (non-hydrogen) atoms. The molecule has 1 aromatic carbocycles. The van der Waals surface area contributed by atoms with E-state index >= 15 is 0 Å². The number of carbonyl (C=O) groups excluding carboxylic acids is 1. The van der Waals surface area contributed by atoms with Gasteiger partial charge < -0.3 is 14.8 Å². The lowest BCUT2D eigenvalue weighted by Gasteiger charge is -2.37. The Morgan fingerprint density at radius 2 is 2.04 bits per heavy atom. The predicted octanol–water partition coefficient (Wildman–Crippen LogP) is 2.97. The topological polar surface area (TPSA) is 96.5 Å². The maximum absolute atomic E-state index is 12.5. The van der Waals surface area contributed by atoms with Gasteiger partial charge >= 0.3 is 16.8 Å². The fraction of sp³-hybridized carbons (Fsp3) is 0.214. The number of rotatable bonds is 1. The molecule has 6 nitrogen and oxygen atoms in total. The lowest BCUT2D eigenvalue weighted by Crippen LogP contribution is -2.44. The first kappa shape index (κ1) is 16.0. The SMILES string of the molecule is O=C1Oc2c(Cl)cc(Cl)cc2[C@@H]2c3sc(=O)[nH]c3S[C@H](C(=O)O)[C@H]12. The van der Waals surface area contributed by atoms with Gasteiger partial charge in [0.25, 0.3) is 0 Å². The van der Waals surface area contributed by atoms with E-state index in [1.807, 2.05) is 0 Å². The molecule has 3 atom stereocenters. The summed E-state index contributed by atoms with van der Waals surface area (Å²) in [6.07, 6.45) is 0. The van der Waals surface area contributed by atoms with Crippen molar-refractivity contribution < 1.29 is 19.4 Å². The van der Waals surface area contributed by atoms with E-state index < -0.39 is 29.0 Å². The van der Waals surface area contributed by atoms with Crippen LogP contribution in [0.25, 0.3) is 0 Å². The highest BCUT2D eigenvalue weighted by Crippen LogP contribution is 2.55. The van der Waals surface area contributed by atoms with Gasteiger partial charge in [0.2, 0.25) is 0 Å². The molecule has 0 aliphatic carbocycles. The number of hydrogen-bond acceptors (Lipinski definition) is 6. The van der Waals surface area contributed by atoms with Gasteiger partial charge in [-0.05, 0) is 12.1 Å². The number of carbonyl (C=O) groups is 2. The van der Waals surface area contributed by atoms with Crippen molar-refractivity contribution in [1.29, 1.82) is 0 Å². The lowest BCUT2D eigenvalue weighted by molar-refractivity contribution is -0.147. The van der Waals surface area contributed by atoms with E-state index in [1.54, 1.807) is 6.07 Å². The Bertz CT molecular complexity index is 953. The van der Waals surface area contributed by atoms with Crippen molar-refractivity contribution in [3.63, 3.8) is 0 Å². The first-order chi connectivity index (χ1) is 11.4. The molecule has 1 aromatic heterocycles. The third-order valence-electron chi connectivity index (χ3n) is 3.94. The van der Waals surface area contributed by atoms with Crippen LogP contribution in [-0.2, 0) is 9.59 Å². The summed E-state index contributed by atoms with van der Waals surface area (Å²) in [4.78, 5) is 38.8. The van der Waals surface area contributed by atoms with Crippen molar-refractivity contribution in [3.8, 4) is 5.75 Å². The predicted molar refractivity (Wildman–Crippen MR) is 89.7 cm³/mol. The van der Waals surface area contributed by atoms with Gasteiger partial charge in [-0.15, -0.1) is 0 Å². The van der Waals surface area contributed by atoms with Gasteiger partial charge in [-0.25, -0.2) is 0 Å². The monoisotopic (exact) mass is 403 g/mol. The zero-order valence-electron chi connectivity index (χ0n) is 11.5. The summed E-state index contributed by atoms with van der Waals surface area (Å²) in [7, 11) is 0. The number of aliphatic carboxylic acids is 1. The maximum Gasteiger partial charge on any atom is 0.317 e. The van der Waals surface area contributed by atoms with Crippen LogP contribution in [0.15, 0.2) is 22.0 Å². The fourth-order valence-corrected chi connectivity index (χ4v) is 5.99. The molecule has 0 amide bonds.